The molecule has 0 radical (unpaired) electrons. The van der Waals surface area contributed by atoms with Crippen LogP contribution >= 0.6 is 0 Å². The van der Waals surface area contributed by atoms with Crippen LogP contribution in [0.25, 0.3) is 0 Å². The van der Waals surface area contributed by atoms with Gasteiger partial charge in [-0.05, 0) is 42.0 Å². The molecule has 0 fully saturated rings. The number of nitrogens with zero attached hydrogens (tertiary/aromatic N) is 2. The van der Waals surface area contributed by atoms with E-state index in [1.807, 2.05) is 6.07 Å². The number of pyridine rings is 2. The topological polar surface area (TPSA) is 92.9 Å². The Morgan fingerprint density at radius 2 is 1.89 bits per heavy atom. The fourth-order valence-electron chi connectivity index (χ4n) is 2.41. The highest BCUT2D eigenvalue weighted by atomic mass is 19.4. The third-order valence-electron chi connectivity index (χ3n) is 3.83. The predicted molar refractivity (Wildman–Crippen MR) is 99.6 cm³/mol. The van der Waals surface area contributed by atoms with Gasteiger partial charge in [-0.25, -0.2) is 4.98 Å². The zero-order valence-corrected chi connectivity index (χ0v) is 14.5. The average molecular weight is 387 g/mol. The SMILES string of the molecule is Nc1ncccc1NCc1cccc(NC(=O)c2ccc(C(F)(F)F)cn2)c1. The fraction of sp³-hybridized carbons (Fsp3) is 0.105. The molecule has 3 aromatic rings. The number of carbonyl (C=O) groups is 1. The van der Waals surface area contributed by atoms with Crippen molar-refractivity contribution in [1.82, 2.24) is 9.97 Å². The van der Waals surface area contributed by atoms with E-state index in [2.05, 4.69) is 20.6 Å². The Morgan fingerprint density at radius 3 is 2.57 bits per heavy atom. The summed E-state index contributed by atoms with van der Waals surface area (Å²) in [6.45, 7) is 0.443. The Kier molecular flexibility index (Phi) is 5.44. The van der Waals surface area contributed by atoms with E-state index in [0.29, 0.717) is 29.9 Å². The average Bonchev–Trinajstić information content (AvgIpc) is 2.67. The number of benzene rings is 1. The van der Waals surface area contributed by atoms with Crippen LogP contribution in [0.1, 0.15) is 21.6 Å². The lowest BCUT2D eigenvalue weighted by Gasteiger charge is -2.10. The Morgan fingerprint density at radius 1 is 1.07 bits per heavy atom. The number of hydrogen-bond donors (Lipinski definition) is 3. The summed E-state index contributed by atoms with van der Waals surface area (Å²) < 4.78 is 37.7. The summed E-state index contributed by atoms with van der Waals surface area (Å²) >= 11 is 0. The lowest BCUT2D eigenvalue weighted by atomic mass is 10.2. The minimum atomic E-state index is -4.50. The van der Waals surface area contributed by atoms with Crippen molar-refractivity contribution < 1.29 is 18.0 Å². The molecule has 0 atom stereocenters. The zero-order valence-electron chi connectivity index (χ0n) is 14.5. The maximum absolute atomic E-state index is 12.6. The first-order valence-electron chi connectivity index (χ1n) is 8.21. The number of alkyl halides is 3. The van der Waals surface area contributed by atoms with Gasteiger partial charge in [0.05, 0.1) is 11.3 Å². The van der Waals surface area contributed by atoms with Crippen LogP contribution in [-0.2, 0) is 12.7 Å². The van der Waals surface area contributed by atoms with Gasteiger partial charge in [0, 0.05) is 24.6 Å². The summed E-state index contributed by atoms with van der Waals surface area (Å²) in [4.78, 5) is 19.8. The standard InChI is InChI=1S/C19H16F3N5O/c20-19(21,22)13-6-7-16(26-11-13)18(28)27-14-4-1-3-12(9-14)10-25-15-5-2-8-24-17(15)23/h1-9,11,25H,10H2,(H2,23,24)(H,27,28). The van der Waals surface area contributed by atoms with Gasteiger partial charge in [0.15, 0.2) is 0 Å². The van der Waals surface area contributed by atoms with Gasteiger partial charge in [-0.3, -0.25) is 9.78 Å². The van der Waals surface area contributed by atoms with Gasteiger partial charge in [-0.1, -0.05) is 12.1 Å². The summed E-state index contributed by atoms with van der Waals surface area (Å²) in [5.74, 6) is -0.226. The minimum absolute atomic E-state index is 0.111. The first-order valence-corrected chi connectivity index (χ1v) is 8.21. The van der Waals surface area contributed by atoms with Gasteiger partial charge in [-0.2, -0.15) is 13.2 Å². The van der Waals surface area contributed by atoms with E-state index >= 15 is 0 Å². The summed E-state index contributed by atoms with van der Waals surface area (Å²) in [7, 11) is 0. The number of nitrogens with two attached hydrogens (primary N) is 1. The molecule has 0 aliphatic rings. The van der Waals surface area contributed by atoms with Crippen LogP contribution in [0.4, 0.5) is 30.4 Å². The van der Waals surface area contributed by atoms with Crippen LogP contribution in [0.3, 0.4) is 0 Å². The molecular formula is C19H16F3N5O. The molecule has 0 aliphatic carbocycles. The first kappa shape index (κ1) is 19.2. The molecule has 4 N–H and O–H groups in total. The van der Waals surface area contributed by atoms with Crippen LogP contribution in [-0.4, -0.2) is 15.9 Å². The second-order valence-corrected chi connectivity index (χ2v) is 5.87. The second kappa shape index (κ2) is 7.95. The highest BCUT2D eigenvalue weighted by Crippen LogP contribution is 2.28. The van der Waals surface area contributed by atoms with E-state index in [1.165, 1.54) is 0 Å². The van der Waals surface area contributed by atoms with Crippen LogP contribution in [0.15, 0.2) is 60.9 Å². The van der Waals surface area contributed by atoms with E-state index in [4.69, 9.17) is 5.73 Å². The molecule has 3 rings (SSSR count). The molecule has 0 saturated heterocycles. The van der Waals surface area contributed by atoms with Gasteiger partial charge in [0.25, 0.3) is 5.91 Å². The van der Waals surface area contributed by atoms with Crippen molar-refractivity contribution in [3.8, 4) is 0 Å². The van der Waals surface area contributed by atoms with Crippen molar-refractivity contribution in [1.29, 1.82) is 0 Å². The number of rotatable bonds is 5. The zero-order chi connectivity index (χ0) is 20.1. The molecule has 144 valence electrons. The van der Waals surface area contributed by atoms with Crippen molar-refractivity contribution in [2.24, 2.45) is 0 Å². The Balaban J connectivity index is 1.65. The maximum Gasteiger partial charge on any atom is 0.417 e. The van der Waals surface area contributed by atoms with Crippen molar-refractivity contribution in [2.75, 3.05) is 16.4 Å². The second-order valence-electron chi connectivity index (χ2n) is 5.87. The van der Waals surface area contributed by atoms with E-state index < -0.39 is 17.6 Å². The number of anilines is 3. The molecule has 1 aromatic carbocycles. The van der Waals surface area contributed by atoms with Gasteiger partial charge in [0.2, 0.25) is 0 Å². The lowest BCUT2D eigenvalue weighted by Crippen LogP contribution is -2.15. The molecule has 1 amide bonds. The molecule has 2 aromatic heterocycles. The molecule has 0 aliphatic heterocycles. The Bertz CT molecular complexity index is 974. The van der Waals surface area contributed by atoms with Crippen molar-refractivity contribution >= 4 is 23.1 Å². The van der Waals surface area contributed by atoms with Crippen LogP contribution in [0.5, 0.6) is 0 Å². The number of amides is 1. The third kappa shape index (κ3) is 4.76. The molecule has 0 unspecified atom stereocenters. The number of aromatic nitrogens is 2. The molecule has 0 spiro atoms. The van der Waals surface area contributed by atoms with E-state index in [0.717, 1.165) is 17.7 Å². The summed E-state index contributed by atoms with van der Waals surface area (Å²) in [5.41, 5.74) is 6.79. The maximum atomic E-state index is 12.6. The summed E-state index contributed by atoms with van der Waals surface area (Å²) in [6, 6.07) is 12.4. The Labute approximate surface area is 158 Å². The van der Waals surface area contributed by atoms with E-state index in [-0.39, 0.29) is 5.69 Å². The highest BCUT2D eigenvalue weighted by Gasteiger charge is 2.30. The highest BCUT2D eigenvalue weighted by molar-refractivity contribution is 6.02. The lowest BCUT2D eigenvalue weighted by molar-refractivity contribution is -0.137. The smallest absolute Gasteiger partial charge is 0.382 e. The molecule has 28 heavy (non-hydrogen) atoms. The third-order valence-corrected chi connectivity index (χ3v) is 3.83. The van der Waals surface area contributed by atoms with Crippen LogP contribution in [0, 0.1) is 0 Å². The summed E-state index contributed by atoms with van der Waals surface area (Å²) in [5, 5.41) is 5.76. The summed E-state index contributed by atoms with van der Waals surface area (Å²) in [6.07, 6.45) is -2.28. The number of halogens is 3. The van der Waals surface area contributed by atoms with Gasteiger partial charge in [0.1, 0.15) is 11.5 Å². The van der Waals surface area contributed by atoms with E-state index in [9.17, 15) is 18.0 Å². The van der Waals surface area contributed by atoms with Gasteiger partial charge < -0.3 is 16.4 Å². The van der Waals surface area contributed by atoms with Gasteiger partial charge >= 0.3 is 6.18 Å². The molecule has 6 nitrogen and oxygen atoms in total. The quantitative estimate of drug-likeness (QED) is 0.617. The van der Waals surface area contributed by atoms with Crippen molar-refractivity contribution in [3.63, 3.8) is 0 Å². The van der Waals surface area contributed by atoms with Crippen molar-refractivity contribution in [2.45, 2.75) is 12.7 Å². The minimum Gasteiger partial charge on any atom is -0.382 e. The number of nitrogens with one attached hydrogen (secondary N) is 2. The van der Waals surface area contributed by atoms with E-state index in [1.54, 1.807) is 36.5 Å². The number of hydrogen-bond acceptors (Lipinski definition) is 5. The molecule has 9 heteroatoms. The largest absolute Gasteiger partial charge is 0.417 e. The number of carbonyl (C=O) groups excluding carboxylic acids is 1. The van der Waals surface area contributed by atoms with Crippen LogP contribution in [0.2, 0.25) is 0 Å². The fourth-order valence-corrected chi connectivity index (χ4v) is 2.41. The molecular weight excluding hydrogens is 371 g/mol. The van der Waals surface area contributed by atoms with Crippen LogP contribution < -0.4 is 16.4 Å². The molecule has 2 heterocycles. The Hall–Kier alpha value is -3.62. The first-order chi connectivity index (χ1) is 13.3. The molecule has 0 bridgehead atoms. The molecule has 0 saturated carbocycles. The normalized spacial score (nSPS) is 11.1. The van der Waals surface area contributed by atoms with Gasteiger partial charge in [-0.15, -0.1) is 0 Å². The number of nitrogen functional groups attached to an aromatic ring is 1. The monoisotopic (exact) mass is 387 g/mol. The predicted octanol–water partition coefficient (Wildman–Crippen LogP) is 3.94. The van der Waals surface area contributed by atoms with Crippen molar-refractivity contribution in [3.05, 3.63) is 77.7 Å².